The fraction of sp³-hybridized carbons (Fsp3) is 0.278. The van der Waals surface area contributed by atoms with Crippen LogP contribution in [0.5, 0.6) is 0 Å². The zero-order valence-corrected chi connectivity index (χ0v) is 13.0. The van der Waals surface area contributed by atoms with Crippen LogP contribution in [0.2, 0.25) is 0 Å². The van der Waals surface area contributed by atoms with Crippen LogP contribution < -0.4 is 5.32 Å². The highest BCUT2D eigenvalue weighted by Crippen LogP contribution is 2.26. The first kappa shape index (κ1) is 16.2. The molecule has 1 amide bonds. The molecule has 0 aliphatic carbocycles. The molecule has 0 aliphatic heterocycles. The van der Waals surface area contributed by atoms with Crippen LogP contribution >= 0.6 is 0 Å². The van der Waals surface area contributed by atoms with Gasteiger partial charge in [0.2, 0.25) is 0 Å². The summed E-state index contributed by atoms with van der Waals surface area (Å²) in [5, 5.41) is 2.81. The minimum atomic E-state index is -0.926. The van der Waals surface area contributed by atoms with Crippen LogP contribution in [-0.2, 0) is 10.3 Å². The van der Waals surface area contributed by atoms with Gasteiger partial charge in [0.15, 0.2) is 0 Å². The number of carbonyl (C=O) groups excluding carboxylic acids is 1. The smallest absolute Gasteiger partial charge is 0.251 e. The lowest BCUT2D eigenvalue weighted by atomic mass is 9.95. The maximum atomic E-state index is 14.0. The van der Waals surface area contributed by atoms with Crippen LogP contribution in [0.1, 0.15) is 28.4 Å². The summed E-state index contributed by atoms with van der Waals surface area (Å²) in [6, 6.07) is 13.7. The number of hydrogen-bond donors (Lipinski definition) is 1. The van der Waals surface area contributed by atoms with Crippen LogP contribution in [0.4, 0.5) is 4.39 Å². The molecule has 1 N–H and O–H groups in total. The van der Waals surface area contributed by atoms with Gasteiger partial charge < -0.3 is 10.1 Å². The third-order valence-corrected chi connectivity index (χ3v) is 3.76. The summed E-state index contributed by atoms with van der Waals surface area (Å²) in [5.74, 6) is -0.556. The van der Waals surface area contributed by atoms with Gasteiger partial charge in [0.1, 0.15) is 11.4 Å². The van der Waals surface area contributed by atoms with Gasteiger partial charge in [-0.2, -0.15) is 0 Å². The Bertz CT molecular complexity index is 672. The third-order valence-electron chi connectivity index (χ3n) is 3.76. The molecule has 0 bridgehead atoms. The Labute approximate surface area is 130 Å². The highest BCUT2D eigenvalue weighted by atomic mass is 19.1. The average molecular weight is 301 g/mol. The predicted octanol–water partition coefficient (Wildman–Crippen LogP) is 3.43. The van der Waals surface area contributed by atoms with Gasteiger partial charge in [0.25, 0.3) is 5.91 Å². The van der Waals surface area contributed by atoms with E-state index >= 15 is 0 Å². The van der Waals surface area contributed by atoms with Gasteiger partial charge in [-0.15, -0.1) is 0 Å². The first-order valence-corrected chi connectivity index (χ1v) is 7.11. The predicted molar refractivity (Wildman–Crippen MR) is 84.3 cm³/mol. The fourth-order valence-electron chi connectivity index (χ4n) is 2.30. The minimum absolute atomic E-state index is 0.178. The molecule has 0 heterocycles. The lowest BCUT2D eigenvalue weighted by molar-refractivity contribution is 0.000389. The van der Waals surface area contributed by atoms with Gasteiger partial charge in [-0.25, -0.2) is 4.39 Å². The summed E-state index contributed by atoms with van der Waals surface area (Å²) in [6.45, 7) is 3.86. The van der Waals surface area contributed by atoms with E-state index in [1.165, 1.54) is 13.2 Å². The van der Waals surface area contributed by atoms with Crippen LogP contribution in [0.25, 0.3) is 0 Å². The molecule has 2 aromatic carbocycles. The molecule has 116 valence electrons. The largest absolute Gasteiger partial charge is 0.372 e. The van der Waals surface area contributed by atoms with Gasteiger partial charge in [-0.3, -0.25) is 4.79 Å². The van der Waals surface area contributed by atoms with Crippen molar-refractivity contribution in [3.63, 3.8) is 0 Å². The van der Waals surface area contributed by atoms with Gasteiger partial charge in [0.05, 0.1) is 6.54 Å². The SMILES string of the molecule is COC(C)(CNC(=O)c1cccc(C)c1)c1ccccc1F. The van der Waals surface area contributed by atoms with Gasteiger partial charge >= 0.3 is 0 Å². The van der Waals surface area contributed by atoms with Crippen molar-refractivity contribution in [2.45, 2.75) is 19.4 Å². The van der Waals surface area contributed by atoms with E-state index in [0.29, 0.717) is 11.1 Å². The summed E-state index contributed by atoms with van der Waals surface area (Å²) in [6.07, 6.45) is 0. The van der Waals surface area contributed by atoms with Crippen LogP contribution in [0.15, 0.2) is 48.5 Å². The molecule has 0 aliphatic rings. The van der Waals surface area contributed by atoms with E-state index in [2.05, 4.69) is 5.32 Å². The van der Waals surface area contributed by atoms with E-state index in [-0.39, 0.29) is 18.3 Å². The van der Waals surface area contributed by atoms with Crippen molar-refractivity contribution in [2.75, 3.05) is 13.7 Å². The summed E-state index contributed by atoms with van der Waals surface area (Å²) >= 11 is 0. The van der Waals surface area contributed by atoms with Crippen molar-refractivity contribution < 1.29 is 13.9 Å². The van der Waals surface area contributed by atoms with Gasteiger partial charge in [-0.1, -0.05) is 35.9 Å². The summed E-state index contributed by atoms with van der Waals surface area (Å²) < 4.78 is 19.4. The summed E-state index contributed by atoms with van der Waals surface area (Å²) in [5.41, 5.74) is 1.08. The zero-order chi connectivity index (χ0) is 16.2. The first-order chi connectivity index (χ1) is 10.5. The number of rotatable bonds is 5. The second-order valence-corrected chi connectivity index (χ2v) is 5.47. The van der Waals surface area contributed by atoms with Crippen molar-refractivity contribution in [3.05, 3.63) is 71.0 Å². The number of amides is 1. The molecule has 4 heteroatoms. The Hall–Kier alpha value is -2.20. The van der Waals surface area contributed by atoms with Crippen molar-refractivity contribution in [2.24, 2.45) is 0 Å². The van der Waals surface area contributed by atoms with E-state index < -0.39 is 5.60 Å². The van der Waals surface area contributed by atoms with E-state index in [9.17, 15) is 9.18 Å². The van der Waals surface area contributed by atoms with Crippen LogP contribution in [-0.4, -0.2) is 19.6 Å². The second-order valence-electron chi connectivity index (χ2n) is 5.47. The molecule has 0 radical (unpaired) electrons. The minimum Gasteiger partial charge on any atom is -0.372 e. The Morgan fingerprint density at radius 3 is 2.59 bits per heavy atom. The fourth-order valence-corrected chi connectivity index (χ4v) is 2.30. The quantitative estimate of drug-likeness (QED) is 0.919. The highest BCUT2D eigenvalue weighted by molar-refractivity contribution is 5.94. The maximum absolute atomic E-state index is 14.0. The van der Waals surface area contributed by atoms with Crippen molar-refractivity contribution >= 4 is 5.91 Å². The molecule has 0 spiro atoms. The molecule has 0 aromatic heterocycles. The number of benzene rings is 2. The Morgan fingerprint density at radius 1 is 1.23 bits per heavy atom. The zero-order valence-electron chi connectivity index (χ0n) is 13.0. The topological polar surface area (TPSA) is 38.3 Å². The number of halogens is 1. The highest BCUT2D eigenvalue weighted by Gasteiger charge is 2.29. The molecule has 2 aromatic rings. The monoisotopic (exact) mass is 301 g/mol. The van der Waals surface area contributed by atoms with Gasteiger partial charge in [0, 0.05) is 18.2 Å². The number of hydrogen-bond acceptors (Lipinski definition) is 2. The molecule has 1 unspecified atom stereocenters. The number of nitrogens with one attached hydrogen (secondary N) is 1. The van der Waals surface area contributed by atoms with Crippen LogP contribution in [0, 0.1) is 12.7 Å². The Kier molecular flexibility index (Phi) is 4.93. The Morgan fingerprint density at radius 2 is 1.95 bits per heavy atom. The van der Waals surface area contributed by atoms with E-state index in [1.807, 2.05) is 25.1 Å². The number of aryl methyl sites for hydroxylation is 1. The first-order valence-electron chi connectivity index (χ1n) is 7.11. The normalized spacial score (nSPS) is 13.5. The van der Waals surface area contributed by atoms with Crippen molar-refractivity contribution in [1.29, 1.82) is 0 Å². The standard InChI is InChI=1S/C18H20FNO2/c1-13-7-6-8-14(11-13)17(21)20-12-18(2,22-3)15-9-4-5-10-16(15)19/h4-11H,12H2,1-3H3,(H,20,21). The van der Waals surface area contributed by atoms with E-state index in [0.717, 1.165) is 5.56 Å². The van der Waals surface area contributed by atoms with Crippen LogP contribution in [0.3, 0.4) is 0 Å². The molecule has 2 rings (SSSR count). The second kappa shape index (κ2) is 6.71. The van der Waals surface area contributed by atoms with Crippen molar-refractivity contribution in [3.8, 4) is 0 Å². The summed E-state index contributed by atoms with van der Waals surface area (Å²) in [4.78, 5) is 12.2. The molecular weight excluding hydrogens is 281 g/mol. The maximum Gasteiger partial charge on any atom is 0.251 e. The Balaban J connectivity index is 2.14. The third kappa shape index (κ3) is 3.52. The summed E-state index contributed by atoms with van der Waals surface area (Å²) in [7, 11) is 1.51. The number of carbonyl (C=O) groups is 1. The van der Waals surface area contributed by atoms with E-state index in [1.54, 1.807) is 31.2 Å². The molecular formula is C18H20FNO2. The molecule has 22 heavy (non-hydrogen) atoms. The lowest BCUT2D eigenvalue weighted by Crippen LogP contribution is -2.40. The van der Waals surface area contributed by atoms with Gasteiger partial charge in [-0.05, 0) is 32.0 Å². The molecule has 3 nitrogen and oxygen atoms in total. The number of ether oxygens (including phenoxy) is 1. The lowest BCUT2D eigenvalue weighted by Gasteiger charge is -2.29. The number of methoxy groups -OCH3 is 1. The molecule has 0 saturated carbocycles. The van der Waals surface area contributed by atoms with Crippen molar-refractivity contribution in [1.82, 2.24) is 5.32 Å². The molecule has 0 saturated heterocycles. The average Bonchev–Trinajstić information content (AvgIpc) is 2.52. The molecule has 1 atom stereocenters. The van der Waals surface area contributed by atoms with E-state index in [4.69, 9.17) is 4.74 Å². The molecule has 0 fully saturated rings.